The molecule has 2 unspecified atom stereocenters. The number of esters is 1. The molecule has 4 heteroatoms. The molecule has 18 heavy (non-hydrogen) atoms. The highest BCUT2D eigenvalue weighted by atomic mass is 16.6. The molecule has 4 nitrogen and oxygen atoms in total. The average molecular weight is 256 g/mol. The summed E-state index contributed by atoms with van der Waals surface area (Å²) in [6.07, 6.45) is 0.448. The minimum atomic E-state index is -0.882. The lowest BCUT2D eigenvalue weighted by atomic mass is 10.0. The van der Waals surface area contributed by atoms with Gasteiger partial charge >= 0.3 is 5.97 Å². The Labute approximate surface area is 109 Å². The van der Waals surface area contributed by atoms with Crippen LogP contribution in [0.3, 0.4) is 0 Å². The molecule has 1 saturated carbocycles. The summed E-state index contributed by atoms with van der Waals surface area (Å²) in [5.74, 6) is -0.155. The monoisotopic (exact) mass is 256 g/mol. The number of carbonyl (C=O) groups is 1. The van der Waals surface area contributed by atoms with E-state index >= 15 is 0 Å². The van der Waals surface area contributed by atoms with E-state index in [1.807, 2.05) is 13.8 Å². The molecule has 0 aromatic carbocycles. The summed E-state index contributed by atoms with van der Waals surface area (Å²) >= 11 is 0. The van der Waals surface area contributed by atoms with Gasteiger partial charge in [0.15, 0.2) is 0 Å². The molecule has 0 heterocycles. The normalized spacial score (nSPS) is 27.2. The van der Waals surface area contributed by atoms with Crippen LogP contribution >= 0.6 is 0 Å². The van der Waals surface area contributed by atoms with E-state index in [0.29, 0.717) is 12.0 Å². The molecule has 0 saturated heterocycles. The lowest BCUT2D eigenvalue weighted by Crippen LogP contribution is -2.35. The van der Waals surface area contributed by atoms with E-state index in [4.69, 9.17) is 9.47 Å². The van der Waals surface area contributed by atoms with Crippen molar-refractivity contribution in [2.75, 3.05) is 6.61 Å². The van der Waals surface area contributed by atoms with Crippen LogP contribution in [0.5, 0.6) is 0 Å². The highest BCUT2D eigenvalue weighted by Crippen LogP contribution is 2.49. The lowest BCUT2D eigenvalue weighted by molar-refractivity contribution is -0.147. The molecule has 1 rings (SSSR count). The predicted octanol–water partition coefficient (Wildman–Crippen LogP) is 2.06. The number of hydrogen-bond acceptors (Lipinski definition) is 4. The molecular weight excluding hydrogens is 232 g/mol. The molecule has 2 atom stereocenters. The Morgan fingerprint density at radius 2 is 2.11 bits per heavy atom. The minimum absolute atomic E-state index is 0.225. The fourth-order valence-corrected chi connectivity index (χ4v) is 1.84. The summed E-state index contributed by atoms with van der Waals surface area (Å²) in [6, 6.07) is 0. The zero-order valence-corrected chi connectivity index (χ0v) is 11.9. The SMILES string of the molecule is C=C(C)C(=O)OC1CC1(OCC(C)(C)O)C(C)C. The highest BCUT2D eigenvalue weighted by Gasteiger charge is 2.61. The van der Waals surface area contributed by atoms with Gasteiger partial charge < -0.3 is 14.6 Å². The molecule has 0 radical (unpaired) electrons. The third-order valence-corrected chi connectivity index (χ3v) is 3.16. The van der Waals surface area contributed by atoms with Crippen molar-refractivity contribution in [1.82, 2.24) is 0 Å². The van der Waals surface area contributed by atoms with Crippen LogP contribution in [0.2, 0.25) is 0 Å². The second-order valence-electron chi connectivity index (χ2n) is 6.09. The van der Waals surface area contributed by atoms with Gasteiger partial charge in [0.25, 0.3) is 0 Å². The Morgan fingerprint density at radius 1 is 1.56 bits per heavy atom. The zero-order valence-electron chi connectivity index (χ0n) is 11.9. The molecule has 0 amide bonds. The van der Waals surface area contributed by atoms with Crippen LogP contribution in [-0.4, -0.2) is 35.0 Å². The molecule has 1 fully saturated rings. The quantitative estimate of drug-likeness (QED) is 0.584. The maximum absolute atomic E-state index is 11.5. The lowest BCUT2D eigenvalue weighted by Gasteiger charge is -2.26. The van der Waals surface area contributed by atoms with E-state index < -0.39 is 11.2 Å². The summed E-state index contributed by atoms with van der Waals surface area (Å²) < 4.78 is 11.1. The first kappa shape index (κ1) is 15.2. The summed E-state index contributed by atoms with van der Waals surface area (Å²) in [4.78, 5) is 11.5. The number of rotatable bonds is 6. The maximum atomic E-state index is 11.5. The van der Waals surface area contributed by atoms with E-state index in [2.05, 4.69) is 6.58 Å². The van der Waals surface area contributed by atoms with Crippen LogP contribution in [0.1, 0.15) is 41.0 Å². The Morgan fingerprint density at radius 3 is 2.50 bits per heavy atom. The van der Waals surface area contributed by atoms with Crippen molar-refractivity contribution >= 4 is 5.97 Å². The van der Waals surface area contributed by atoms with Crippen LogP contribution in [0.15, 0.2) is 12.2 Å². The van der Waals surface area contributed by atoms with Crippen LogP contribution in [0.4, 0.5) is 0 Å². The number of aliphatic hydroxyl groups is 1. The van der Waals surface area contributed by atoms with Gasteiger partial charge in [-0.1, -0.05) is 20.4 Å². The number of ether oxygens (including phenoxy) is 2. The Balaban J connectivity index is 2.59. The fraction of sp³-hybridized carbons (Fsp3) is 0.786. The van der Waals surface area contributed by atoms with Gasteiger partial charge in [0.05, 0.1) is 12.2 Å². The van der Waals surface area contributed by atoms with E-state index in [1.54, 1.807) is 20.8 Å². The van der Waals surface area contributed by atoms with E-state index in [0.717, 1.165) is 0 Å². The minimum Gasteiger partial charge on any atom is -0.456 e. The van der Waals surface area contributed by atoms with Gasteiger partial charge in [-0.2, -0.15) is 0 Å². The Bertz CT molecular complexity index is 340. The first-order valence-electron chi connectivity index (χ1n) is 6.31. The molecule has 0 aromatic heterocycles. The zero-order chi connectivity index (χ0) is 14.1. The van der Waals surface area contributed by atoms with Crippen molar-refractivity contribution in [2.24, 2.45) is 5.92 Å². The molecule has 0 aliphatic heterocycles. The predicted molar refractivity (Wildman–Crippen MR) is 69.1 cm³/mol. The second-order valence-corrected chi connectivity index (χ2v) is 6.09. The van der Waals surface area contributed by atoms with Gasteiger partial charge in [0.1, 0.15) is 11.7 Å². The van der Waals surface area contributed by atoms with Crippen molar-refractivity contribution < 1.29 is 19.4 Å². The summed E-state index contributed by atoms with van der Waals surface area (Å²) in [6.45, 7) is 12.9. The molecule has 1 aliphatic carbocycles. The first-order chi connectivity index (χ1) is 8.08. The molecule has 0 bridgehead atoms. The Hall–Kier alpha value is -0.870. The van der Waals surface area contributed by atoms with Crippen LogP contribution in [0, 0.1) is 5.92 Å². The van der Waals surface area contributed by atoms with Crippen LogP contribution in [-0.2, 0) is 14.3 Å². The molecule has 1 N–H and O–H groups in total. The van der Waals surface area contributed by atoms with Crippen molar-refractivity contribution in [1.29, 1.82) is 0 Å². The van der Waals surface area contributed by atoms with Crippen molar-refractivity contribution in [3.05, 3.63) is 12.2 Å². The summed E-state index contributed by atoms with van der Waals surface area (Å²) in [7, 11) is 0. The fourth-order valence-electron chi connectivity index (χ4n) is 1.84. The Kier molecular flexibility index (Phi) is 4.23. The van der Waals surface area contributed by atoms with E-state index in [9.17, 15) is 9.90 Å². The summed E-state index contributed by atoms with van der Waals surface area (Å²) in [5.41, 5.74) is -0.944. The smallest absolute Gasteiger partial charge is 0.333 e. The van der Waals surface area contributed by atoms with Crippen molar-refractivity contribution in [3.63, 3.8) is 0 Å². The molecule has 1 aliphatic rings. The van der Waals surface area contributed by atoms with Gasteiger partial charge in [-0.05, 0) is 26.7 Å². The third-order valence-electron chi connectivity index (χ3n) is 3.16. The van der Waals surface area contributed by atoms with Gasteiger partial charge in [-0.15, -0.1) is 0 Å². The number of carbonyl (C=O) groups excluding carboxylic acids is 1. The number of hydrogen-bond donors (Lipinski definition) is 1. The third kappa shape index (κ3) is 3.56. The average Bonchev–Trinajstić information content (AvgIpc) is 2.89. The van der Waals surface area contributed by atoms with Gasteiger partial charge in [-0.3, -0.25) is 0 Å². The maximum Gasteiger partial charge on any atom is 0.333 e. The van der Waals surface area contributed by atoms with Gasteiger partial charge in [-0.25, -0.2) is 4.79 Å². The van der Waals surface area contributed by atoms with E-state index in [1.165, 1.54) is 0 Å². The highest BCUT2D eigenvalue weighted by molar-refractivity contribution is 5.87. The van der Waals surface area contributed by atoms with Gasteiger partial charge in [0.2, 0.25) is 0 Å². The molecule has 0 spiro atoms. The molecular formula is C14H24O4. The topological polar surface area (TPSA) is 55.8 Å². The molecule has 0 aromatic rings. The van der Waals surface area contributed by atoms with Gasteiger partial charge in [0, 0.05) is 12.0 Å². The standard InChI is InChI=1S/C14H24O4/c1-9(2)12(15)18-11-7-14(11,10(3)4)17-8-13(5,6)16/h10-11,16H,1,7-8H2,2-6H3. The summed E-state index contributed by atoms with van der Waals surface area (Å²) in [5, 5.41) is 9.70. The second kappa shape index (κ2) is 5.02. The van der Waals surface area contributed by atoms with Crippen molar-refractivity contribution in [3.8, 4) is 0 Å². The van der Waals surface area contributed by atoms with Crippen molar-refractivity contribution in [2.45, 2.75) is 58.3 Å². The molecule has 104 valence electrons. The van der Waals surface area contributed by atoms with E-state index in [-0.39, 0.29) is 24.6 Å². The van der Waals surface area contributed by atoms with Crippen LogP contribution in [0.25, 0.3) is 0 Å². The van der Waals surface area contributed by atoms with Crippen LogP contribution < -0.4 is 0 Å². The largest absolute Gasteiger partial charge is 0.456 e. The first-order valence-corrected chi connectivity index (χ1v) is 6.31.